The summed E-state index contributed by atoms with van der Waals surface area (Å²) in [6.45, 7) is 5.11. The molecule has 0 aliphatic heterocycles. The Bertz CT molecular complexity index is 874. The number of hydrogen-bond acceptors (Lipinski definition) is 3. The van der Waals surface area contributed by atoms with E-state index >= 15 is 0 Å². The Labute approximate surface area is 153 Å². The molecule has 0 unspecified atom stereocenters. The molecule has 1 heterocycles. The van der Waals surface area contributed by atoms with Crippen molar-refractivity contribution >= 4 is 0 Å². The van der Waals surface area contributed by atoms with Gasteiger partial charge in [-0.3, -0.25) is 4.57 Å². The number of ether oxygens (including phenoxy) is 1. The second-order valence-electron chi connectivity index (χ2n) is 6.04. The molecular formula is C21H24FN3O. The maximum Gasteiger partial charge on any atom is 0.297 e. The number of benzene rings is 2. The number of rotatable bonds is 7. The molecule has 136 valence electrons. The maximum absolute atomic E-state index is 14.8. The number of nitrogens with two attached hydrogens (primary N) is 1. The first-order chi connectivity index (χ1) is 12.7. The van der Waals surface area contributed by atoms with Crippen molar-refractivity contribution in [2.75, 3.05) is 6.61 Å². The average molecular weight is 353 g/mol. The molecular weight excluding hydrogens is 329 g/mol. The van der Waals surface area contributed by atoms with Crippen LogP contribution in [0.5, 0.6) is 6.01 Å². The molecule has 3 rings (SSSR count). The predicted molar refractivity (Wildman–Crippen MR) is 102 cm³/mol. The fraction of sp³-hybridized carbons (Fsp3) is 0.286. The molecule has 0 saturated carbocycles. The Hall–Kier alpha value is -2.66. The van der Waals surface area contributed by atoms with Crippen LogP contribution in [0.1, 0.15) is 30.8 Å². The number of imidazole rings is 1. The van der Waals surface area contributed by atoms with Gasteiger partial charge in [0.2, 0.25) is 0 Å². The Morgan fingerprint density at radius 1 is 1.08 bits per heavy atom. The monoisotopic (exact) mass is 353 g/mol. The predicted octanol–water partition coefficient (Wildman–Crippen LogP) is 4.16. The minimum absolute atomic E-state index is 0.247. The number of hydrogen-bond donors (Lipinski definition) is 1. The van der Waals surface area contributed by atoms with Gasteiger partial charge < -0.3 is 10.5 Å². The molecule has 0 fully saturated rings. The zero-order valence-electron chi connectivity index (χ0n) is 15.2. The summed E-state index contributed by atoms with van der Waals surface area (Å²) in [7, 11) is 0. The lowest BCUT2D eigenvalue weighted by molar-refractivity contribution is 0.297. The quantitative estimate of drug-likeness (QED) is 0.694. The Morgan fingerprint density at radius 3 is 2.46 bits per heavy atom. The second-order valence-corrected chi connectivity index (χ2v) is 6.04. The number of aryl methyl sites for hydroxylation is 1. The lowest BCUT2D eigenvalue weighted by Crippen LogP contribution is -2.12. The Morgan fingerprint density at radius 2 is 1.85 bits per heavy atom. The molecule has 26 heavy (non-hydrogen) atoms. The molecule has 2 aromatic carbocycles. The smallest absolute Gasteiger partial charge is 0.297 e. The van der Waals surface area contributed by atoms with Crippen molar-refractivity contribution in [2.24, 2.45) is 5.73 Å². The van der Waals surface area contributed by atoms with E-state index in [-0.39, 0.29) is 5.82 Å². The van der Waals surface area contributed by atoms with Gasteiger partial charge in [-0.25, -0.2) is 4.39 Å². The molecule has 5 heteroatoms. The van der Waals surface area contributed by atoms with E-state index in [1.807, 2.05) is 60.9 Å². The topological polar surface area (TPSA) is 53.1 Å². The van der Waals surface area contributed by atoms with Gasteiger partial charge in [-0.1, -0.05) is 49.4 Å². The van der Waals surface area contributed by atoms with Crippen LogP contribution in [0.2, 0.25) is 0 Å². The van der Waals surface area contributed by atoms with Gasteiger partial charge in [-0.05, 0) is 30.5 Å². The van der Waals surface area contributed by atoms with Gasteiger partial charge in [-0.2, -0.15) is 4.98 Å². The van der Waals surface area contributed by atoms with Crippen LogP contribution in [-0.4, -0.2) is 16.2 Å². The summed E-state index contributed by atoms with van der Waals surface area (Å²) in [6, 6.07) is 15.6. The van der Waals surface area contributed by atoms with Crippen molar-refractivity contribution in [2.45, 2.75) is 33.4 Å². The summed E-state index contributed by atoms with van der Waals surface area (Å²) in [4.78, 5) is 4.52. The lowest BCUT2D eigenvalue weighted by atomic mass is 10.0. The van der Waals surface area contributed by atoms with Gasteiger partial charge >= 0.3 is 0 Å². The van der Waals surface area contributed by atoms with Crippen LogP contribution in [0.3, 0.4) is 0 Å². The van der Waals surface area contributed by atoms with Crippen molar-refractivity contribution in [3.63, 3.8) is 0 Å². The summed E-state index contributed by atoms with van der Waals surface area (Å²) in [5, 5.41) is 0. The zero-order chi connectivity index (χ0) is 18.5. The van der Waals surface area contributed by atoms with Gasteiger partial charge in [0.15, 0.2) is 0 Å². The van der Waals surface area contributed by atoms with E-state index in [4.69, 9.17) is 10.5 Å². The molecule has 2 N–H and O–H groups in total. The molecule has 3 aromatic rings. The summed E-state index contributed by atoms with van der Waals surface area (Å²) in [6.07, 6.45) is 0.759. The Balaban J connectivity index is 1.95. The third-order valence-corrected chi connectivity index (χ3v) is 4.41. The molecule has 0 spiro atoms. The zero-order valence-corrected chi connectivity index (χ0v) is 15.2. The fourth-order valence-corrected chi connectivity index (χ4v) is 3.08. The van der Waals surface area contributed by atoms with Crippen molar-refractivity contribution in [3.8, 4) is 17.1 Å². The summed E-state index contributed by atoms with van der Waals surface area (Å²) >= 11 is 0. The molecule has 0 aliphatic rings. The molecule has 0 atom stereocenters. The minimum Gasteiger partial charge on any atom is -0.465 e. The van der Waals surface area contributed by atoms with E-state index in [1.165, 1.54) is 0 Å². The van der Waals surface area contributed by atoms with Crippen LogP contribution in [0, 0.1) is 5.82 Å². The first-order valence-corrected chi connectivity index (χ1v) is 8.92. The van der Waals surface area contributed by atoms with Crippen LogP contribution in [0.15, 0.2) is 48.5 Å². The summed E-state index contributed by atoms with van der Waals surface area (Å²) in [5.41, 5.74) is 10.1. The molecule has 0 radical (unpaired) electrons. The molecule has 0 aliphatic carbocycles. The molecule has 1 aromatic heterocycles. The lowest BCUT2D eigenvalue weighted by Gasteiger charge is -2.13. The van der Waals surface area contributed by atoms with E-state index in [9.17, 15) is 4.39 Å². The van der Waals surface area contributed by atoms with Gasteiger partial charge in [0, 0.05) is 12.1 Å². The molecule has 0 saturated heterocycles. The number of aromatic nitrogens is 2. The minimum atomic E-state index is -0.247. The summed E-state index contributed by atoms with van der Waals surface area (Å²) < 4.78 is 22.3. The van der Waals surface area contributed by atoms with Gasteiger partial charge in [0.1, 0.15) is 5.82 Å². The van der Waals surface area contributed by atoms with Gasteiger partial charge in [0.25, 0.3) is 6.01 Å². The highest BCUT2D eigenvalue weighted by Gasteiger charge is 2.17. The van der Waals surface area contributed by atoms with E-state index in [1.54, 1.807) is 6.07 Å². The van der Waals surface area contributed by atoms with Crippen molar-refractivity contribution in [1.82, 2.24) is 9.55 Å². The highest BCUT2D eigenvalue weighted by Crippen LogP contribution is 2.25. The second kappa shape index (κ2) is 8.15. The largest absolute Gasteiger partial charge is 0.465 e. The third kappa shape index (κ3) is 3.63. The highest BCUT2D eigenvalue weighted by atomic mass is 19.1. The van der Waals surface area contributed by atoms with Crippen molar-refractivity contribution in [3.05, 3.63) is 71.3 Å². The first-order valence-electron chi connectivity index (χ1n) is 8.92. The average Bonchev–Trinajstić information content (AvgIpc) is 3.01. The number of nitrogens with zero attached hydrogens (tertiary/aromatic N) is 2. The standard InChI is InChI=1S/C21H24FN3O/c1-3-19-20(13-23)25(21(24-19)26-4-2)14-17-11-10-16(12-18(17)22)15-8-6-5-7-9-15/h5-12H,3-4,13-14,23H2,1-2H3. The van der Waals surface area contributed by atoms with Crippen LogP contribution in [0.4, 0.5) is 4.39 Å². The fourth-order valence-electron chi connectivity index (χ4n) is 3.08. The van der Waals surface area contributed by atoms with E-state index < -0.39 is 0 Å². The van der Waals surface area contributed by atoms with Crippen LogP contribution in [-0.2, 0) is 19.5 Å². The van der Waals surface area contributed by atoms with E-state index in [2.05, 4.69) is 4.98 Å². The van der Waals surface area contributed by atoms with Crippen LogP contribution in [0.25, 0.3) is 11.1 Å². The van der Waals surface area contributed by atoms with E-state index in [0.717, 1.165) is 28.9 Å². The maximum atomic E-state index is 14.8. The molecule has 0 amide bonds. The van der Waals surface area contributed by atoms with Crippen LogP contribution < -0.4 is 10.5 Å². The van der Waals surface area contributed by atoms with Crippen molar-refractivity contribution < 1.29 is 9.13 Å². The van der Waals surface area contributed by atoms with E-state index in [0.29, 0.717) is 31.3 Å². The van der Waals surface area contributed by atoms with Crippen LogP contribution >= 0.6 is 0 Å². The number of halogens is 1. The first kappa shape index (κ1) is 18.1. The van der Waals surface area contributed by atoms with Crippen molar-refractivity contribution in [1.29, 1.82) is 0 Å². The summed E-state index contributed by atoms with van der Waals surface area (Å²) in [5.74, 6) is -0.247. The molecule has 0 bridgehead atoms. The molecule has 4 nitrogen and oxygen atoms in total. The highest BCUT2D eigenvalue weighted by molar-refractivity contribution is 5.63. The SMILES string of the molecule is CCOc1nc(CC)c(CN)n1Cc1ccc(-c2ccccc2)cc1F. The van der Waals surface area contributed by atoms with Gasteiger partial charge in [-0.15, -0.1) is 0 Å². The third-order valence-electron chi connectivity index (χ3n) is 4.41. The normalized spacial score (nSPS) is 10.9. The Kier molecular flexibility index (Phi) is 5.68. The van der Waals surface area contributed by atoms with Gasteiger partial charge in [0.05, 0.1) is 24.5 Å².